The van der Waals surface area contributed by atoms with E-state index in [2.05, 4.69) is 32.9 Å². The van der Waals surface area contributed by atoms with Gasteiger partial charge in [-0.05, 0) is 31.4 Å². The van der Waals surface area contributed by atoms with E-state index in [0.29, 0.717) is 5.66 Å². The van der Waals surface area contributed by atoms with E-state index >= 15 is 0 Å². The van der Waals surface area contributed by atoms with Crippen LogP contribution in [0.5, 0.6) is 0 Å². The number of carbonyl (C=O) groups is 1. The first-order valence-electron chi connectivity index (χ1n) is 9.22. The normalized spacial score (nSPS) is 15.2. The summed E-state index contributed by atoms with van der Waals surface area (Å²) in [6.07, 6.45) is 20.0. The fraction of sp³-hybridized carbons (Fsp3) is 0.737. The molecule has 0 unspecified atom stereocenters. The van der Waals surface area contributed by atoms with Gasteiger partial charge in [0.15, 0.2) is 0 Å². The van der Waals surface area contributed by atoms with Crippen molar-refractivity contribution in [2.24, 2.45) is 0 Å². The maximum atomic E-state index is 11.6. The Morgan fingerprint density at radius 1 is 0.957 bits per heavy atom. The van der Waals surface area contributed by atoms with Crippen molar-refractivity contribution in [1.82, 2.24) is 4.90 Å². The van der Waals surface area contributed by atoms with Gasteiger partial charge in [-0.15, -0.1) is 0 Å². The zero-order valence-corrected chi connectivity index (χ0v) is 16.4. The van der Waals surface area contributed by atoms with Crippen molar-refractivity contribution in [2.45, 2.75) is 65.0 Å². The highest BCUT2D eigenvalue weighted by Gasteiger charge is 2.42. The van der Waals surface area contributed by atoms with Crippen LogP contribution in [0.25, 0.3) is 0 Å². The Morgan fingerprint density at radius 2 is 1.39 bits per heavy atom. The summed E-state index contributed by atoms with van der Waals surface area (Å²) in [4.78, 5) is 13.2. The molecule has 1 aliphatic rings. The van der Waals surface area contributed by atoms with Crippen LogP contribution in [0.4, 0.5) is 4.79 Å². The Hall–Kier alpha value is -0.820. The third kappa shape index (κ3) is 5.95. The molecule has 0 saturated heterocycles. The second-order valence-electron chi connectivity index (χ2n) is 6.50. The van der Waals surface area contributed by atoms with Crippen molar-refractivity contribution in [1.29, 1.82) is 0 Å². The molecule has 0 aromatic rings. The fourth-order valence-corrected chi connectivity index (χ4v) is 8.56. The molecular weight excluding hydrogens is 305 g/mol. The van der Waals surface area contributed by atoms with Crippen LogP contribution in [-0.2, 0) is 4.74 Å². The van der Waals surface area contributed by atoms with Crippen molar-refractivity contribution in [3.63, 3.8) is 0 Å². The molecule has 4 heteroatoms. The van der Waals surface area contributed by atoms with Crippen molar-refractivity contribution in [3.8, 4) is 0 Å². The van der Waals surface area contributed by atoms with E-state index in [0.717, 1.165) is 0 Å². The van der Waals surface area contributed by atoms with Crippen LogP contribution in [0.3, 0.4) is 0 Å². The van der Waals surface area contributed by atoms with Gasteiger partial charge in [0.25, 0.3) is 0 Å². The molecule has 1 heterocycles. The van der Waals surface area contributed by atoms with Crippen LogP contribution in [-0.4, -0.2) is 42.2 Å². The first-order chi connectivity index (χ1) is 11.1. The average Bonchev–Trinajstić information content (AvgIpc) is 2.61. The second-order valence-corrected chi connectivity index (χ2v) is 10.9. The molecule has 0 radical (unpaired) electrons. The number of amides is 1. The van der Waals surface area contributed by atoms with Crippen LogP contribution in [0.1, 0.15) is 59.3 Å². The first-order valence-corrected chi connectivity index (χ1v) is 11.6. The maximum Gasteiger partial charge on any atom is 0.417 e. The molecule has 0 aromatic carbocycles. The second kappa shape index (κ2) is 10.9. The standard InChI is InChI=1S/C19H35NO2P/c1-5-8-15-23(16-9-6-2,17-10-7-3)18-11-13-20(14-12-18)19(21)22-4/h11-14,18H,5-10,15-17H2,1-4H3/q+1. The van der Waals surface area contributed by atoms with E-state index in [4.69, 9.17) is 4.74 Å². The minimum absolute atomic E-state index is 0.310. The van der Waals surface area contributed by atoms with E-state index in [1.165, 1.54) is 64.1 Å². The van der Waals surface area contributed by atoms with Crippen LogP contribution < -0.4 is 0 Å². The molecule has 0 saturated carbocycles. The minimum Gasteiger partial charge on any atom is -0.452 e. The lowest BCUT2D eigenvalue weighted by atomic mass is 10.3. The molecule has 23 heavy (non-hydrogen) atoms. The summed E-state index contributed by atoms with van der Waals surface area (Å²) < 4.78 is 4.80. The lowest BCUT2D eigenvalue weighted by Crippen LogP contribution is -2.26. The van der Waals surface area contributed by atoms with E-state index in [1.54, 1.807) is 4.90 Å². The van der Waals surface area contributed by atoms with Gasteiger partial charge in [0.1, 0.15) is 5.66 Å². The van der Waals surface area contributed by atoms with Gasteiger partial charge < -0.3 is 4.74 Å². The van der Waals surface area contributed by atoms with Crippen molar-refractivity contribution in [3.05, 3.63) is 24.6 Å². The monoisotopic (exact) mass is 340 g/mol. The minimum atomic E-state index is -1.04. The summed E-state index contributed by atoms with van der Waals surface area (Å²) in [5, 5.41) is 0. The molecule has 0 aliphatic carbocycles. The fourth-order valence-electron chi connectivity index (χ4n) is 3.27. The van der Waals surface area contributed by atoms with Gasteiger partial charge in [0.2, 0.25) is 0 Å². The Morgan fingerprint density at radius 3 is 1.74 bits per heavy atom. The third-order valence-electron chi connectivity index (χ3n) is 4.78. The highest BCUT2D eigenvalue weighted by atomic mass is 31.2. The summed E-state index contributed by atoms with van der Waals surface area (Å²) in [5.41, 5.74) is 0.535. The van der Waals surface area contributed by atoms with Crippen LogP contribution in [0.15, 0.2) is 24.6 Å². The summed E-state index contributed by atoms with van der Waals surface area (Å²) in [7, 11) is 0.389. The number of hydrogen-bond donors (Lipinski definition) is 0. The number of carbonyl (C=O) groups excluding carboxylic acids is 1. The van der Waals surface area contributed by atoms with E-state index in [1.807, 2.05) is 12.4 Å². The highest BCUT2D eigenvalue weighted by Crippen LogP contribution is 2.65. The van der Waals surface area contributed by atoms with Gasteiger partial charge in [0, 0.05) is 19.7 Å². The molecule has 1 amide bonds. The van der Waals surface area contributed by atoms with Gasteiger partial charge in [0.05, 0.1) is 25.6 Å². The van der Waals surface area contributed by atoms with Gasteiger partial charge in [-0.1, -0.05) is 40.0 Å². The van der Waals surface area contributed by atoms with Gasteiger partial charge in [-0.2, -0.15) is 0 Å². The van der Waals surface area contributed by atoms with E-state index in [9.17, 15) is 4.79 Å². The molecule has 0 bridgehead atoms. The number of allylic oxidation sites excluding steroid dienone is 2. The molecule has 0 aromatic heterocycles. The average molecular weight is 340 g/mol. The van der Waals surface area contributed by atoms with Crippen molar-refractivity contribution < 1.29 is 9.53 Å². The zero-order chi connectivity index (χ0) is 17.1. The number of unbranched alkanes of at least 4 members (excludes halogenated alkanes) is 3. The Labute approximate surface area is 143 Å². The molecule has 1 rings (SSSR count). The topological polar surface area (TPSA) is 29.5 Å². The van der Waals surface area contributed by atoms with Crippen molar-refractivity contribution in [2.75, 3.05) is 25.6 Å². The number of hydrogen-bond acceptors (Lipinski definition) is 2. The molecule has 0 fully saturated rings. The number of nitrogens with zero attached hydrogens (tertiary/aromatic N) is 1. The molecule has 0 atom stereocenters. The SMILES string of the molecule is CCCC[P+](CCCC)(CCCC)C1C=CN(C(=O)OC)C=C1. The summed E-state index contributed by atoms with van der Waals surface area (Å²) >= 11 is 0. The number of methoxy groups -OCH3 is 1. The largest absolute Gasteiger partial charge is 0.452 e. The Bertz CT molecular complexity index is 370. The molecule has 132 valence electrons. The molecule has 1 aliphatic heterocycles. The predicted molar refractivity (Wildman–Crippen MR) is 103 cm³/mol. The molecular formula is C19H35NO2P+. The smallest absolute Gasteiger partial charge is 0.417 e. The van der Waals surface area contributed by atoms with Crippen LogP contribution in [0.2, 0.25) is 0 Å². The lowest BCUT2D eigenvalue weighted by Gasteiger charge is -2.34. The van der Waals surface area contributed by atoms with Gasteiger partial charge in [-0.3, -0.25) is 4.90 Å². The first kappa shape index (κ1) is 20.2. The molecule has 3 nitrogen and oxygen atoms in total. The zero-order valence-electron chi connectivity index (χ0n) is 15.5. The summed E-state index contributed by atoms with van der Waals surface area (Å²) in [6, 6.07) is 0. The quantitative estimate of drug-likeness (QED) is 0.465. The summed E-state index contributed by atoms with van der Waals surface area (Å²) in [6.45, 7) is 6.87. The third-order valence-corrected chi connectivity index (χ3v) is 10.0. The van der Waals surface area contributed by atoms with Gasteiger partial charge >= 0.3 is 6.09 Å². The van der Waals surface area contributed by atoms with E-state index < -0.39 is 7.26 Å². The molecule has 0 spiro atoms. The highest BCUT2D eigenvalue weighted by molar-refractivity contribution is 7.76. The Kier molecular flexibility index (Phi) is 9.55. The van der Waals surface area contributed by atoms with E-state index in [-0.39, 0.29) is 6.09 Å². The Balaban J connectivity index is 2.93. The number of ether oxygens (including phenoxy) is 1. The maximum absolute atomic E-state index is 11.6. The summed E-state index contributed by atoms with van der Waals surface area (Å²) in [5.74, 6) is 0. The van der Waals surface area contributed by atoms with Gasteiger partial charge in [-0.25, -0.2) is 4.79 Å². The predicted octanol–water partition coefficient (Wildman–Crippen LogP) is 5.88. The molecule has 0 N–H and O–H groups in total. The van der Waals surface area contributed by atoms with Crippen LogP contribution >= 0.6 is 7.26 Å². The van der Waals surface area contributed by atoms with Crippen molar-refractivity contribution >= 4 is 13.4 Å². The lowest BCUT2D eigenvalue weighted by molar-refractivity contribution is 0.151. The number of rotatable bonds is 10. The van der Waals surface area contributed by atoms with Crippen LogP contribution in [0, 0.1) is 0 Å².